The number of piperidine rings is 1. The molecule has 42 heavy (non-hydrogen) atoms. The van der Waals surface area contributed by atoms with Gasteiger partial charge < -0.3 is 10.2 Å². The van der Waals surface area contributed by atoms with Gasteiger partial charge in [0.25, 0.3) is 11.8 Å². The molecule has 2 amide bonds. The summed E-state index contributed by atoms with van der Waals surface area (Å²) in [5.74, 6) is -0.335. The highest BCUT2D eigenvalue weighted by molar-refractivity contribution is 7.89. The first-order valence-electron chi connectivity index (χ1n) is 15.0. The van der Waals surface area contributed by atoms with Gasteiger partial charge in [-0.2, -0.15) is 4.31 Å². The Bertz CT molecular complexity index is 1580. The lowest BCUT2D eigenvalue weighted by Crippen LogP contribution is -2.37. The van der Waals surface area contributed by atoms with Gasteiger partial charge in [0, 0.05) is 49.7 Å². The second kappa shape index (κ2) is 12.3. The van der Waals surface area contributed by atoms with Crippen LogP contribution in [0.3, 0.4) is 0 Å². The lowest BCUT2D eigenvalue weighted by Gasteiger charge is -2.29. The Morgan fingerprint density at radius 2 is 1.62 bits per heavy atom. The summed E-state index contributed by atoms with van der Waals surface area (Å²) in [5.41, 5.74) is 4.28. The van der Waals surface area contributed by atoms with E-state index < -0.39 is 10.0 Å². The lowest BCUT2D eigenvalue weighted by atomic mass is 10.0. The standard InChI is InChI=1S/C32H38N4O4S2/c1-2-16-34-19-15-27-28(22-34)41-31(29(27)32(38)35-17-6-3-7-18-35)33-30(37)24-10-12-26(13-11-24)42(39,40)36-20-14-23-8-4-5-9-25(23)21-36/h4-5,8-13H,2-3,6-7,14-22H2,1H3,(H,33,37). The Labute approximate surface area is 252 Å². The highest BCUT2D eigenvalue weighted by atomic mass is 32.2. The van der Waals surface area contributed by atoms with E-state index in [0.717, 1.165) is 80.8 Å². The minimum absolute atomic E-state index is 0.0102. The number of carbonyl (C=O) groups excluding carboxylic acids is 2. The molecule has 1 N–H and O–H groups in total. The number of sulfonamides is 1. The van der Waals surface area contributed by atoms with Gasteiger partial charge in [-0.25, -0.2) is 8.42 Å². The summed E-state index contributed by atoms with van der Waals surface area (Å²) in [6, 6.07) is 14.1. The van der Waals surface area contributed by atoms with E-state index in [0.29, 0.717) is 35.6 Å². The minimum Gasteiger partial charge on any atom is -0.339 e. The summed E-state index contributed by atoms with van der Waals surface area (Å²) in [6.45, 7) is 7.13. The monoisotopic (exact) mass is 606 g/mol. The van der Waals surface area contributed by atoms with Gasteiger partial charge in [-0.3, -0.25) is 14.5 Å². The van der Waals surface area contributed by atoms with E-state index in [1.807, 2.05) is 29.2 Å². The van der Waals surface area contributed by atoms with Crippen molar-refractivity contribution in [3.63, 3.8) is 0 Å². The largest absolute Gasteiger partial charge is 0.339 e. The van der Waals surface area contributed by atoms with Crippen LogP contribution in [0.4, 0.5) is 5.00 Å². The zero-order chi connectivity index (χ0) is 29.3. The van der Waals surface area contributed by atoms with Crippen LogP contribution in [-0.2, 0) is 36.0 Å². The molecule has 0 radical (unpaired) electrons. The molecule has 0 saturated carbocycles. The molecule has 3 aromatic rings. The molecule has 4 heterocycles. The Morgan fingerprint density at radius 1 is 0.881 bits per heavy atom. The van der Waals surface area contributed by atoms with E-state index in [9.17, 15) is 18.0 Å². The number of thiophene rings is 1. The maximum absolute atomic E-state index is 13.8. The number of carbonyl (C=O) groups is 2. The van der Waals surface area contributed by atoms with E-state index in [4.69, 9.17) is 0 Å². The van der Waals surface area contributed by atoms with Gasteiger partial charge in [-0.15, -0.1) is 11.3 Å². The number of hydrogen-bond acceptors (Lipinski definition) is 6. The van der Waals surface area contributed by atoms with Gasteiger partial charge in [0.1, 0.15) is 5.00 Å². The number of likely N-dealkylation sites (tertiary alicyclic amines) is 1. The summed E-state index contributed by atoms with van der Waals surface area (Å²) in [5, 5.41) is 3.64. The first-order valence-corrected chi connectivity index (χ1v) is 17.3. The summed E-state index contributed by atoms with van der Waals surface area (Å²) < 4.78 is 28.3. The van der Waals surface area contributed by atoms with Gasteiger partial charge in [-0.1, -0.05) is 31.2 Å². The van der Waals surface area contributed by atoms with Crippen LogP contribution in [0.15, 0.2) is 53.4 Å². The van der Waals surface area contributed by atoms with Crippen LogP contribution in [0.25, 0.3) is 0 Å². The number of benzene rings is 2. The molecule has 2 aromatic carbocycles. The molecule has 1 aromatic heterocycles. The number of rotatable bonds is 7. The van der Waals surface area contributed by atoms with Crippen LogP contribution in [-0.4, -0.2) is 67.1 Å². The number of anilines is 1. The van der Waals surface area contributed by atoms with E-state index in [1.165, 1.54) is 33.3 Å². The van der Waals surface area contributed by atoms with Crippen LogP contribution in [0.5, 0.6) is 0 Å². The molecule has 3 aliphatic rings. The molecule has 0 aliphatic carbocycles. The summed E-state index contributed by atoms with van der Waals surface area (Å²) in [7, 11) is -3.70. The first-order chi connectivity index (χ1) is 20.3. The summed E-state index contributed by atoms with van der Waals surface area (Å²) in [6.07, 6.45) is 5.69. The summed E-state index contributed by atoms with van der Waals surface area (Å²) in [4.78, 5) is 32.9. The molecule has 0 spiro atoms. The maximum Gasteiger partial charge on any atom is 0.257 e. The molecule has 0 bridgehead atoms. The minimum atomic E-state index is -3.70. The normalized spacial score (nSPS) is 17.9. The first kappa shape index (κ1) is 29.0. The average molecular weight is 607 g/mol. The second-order valence-corrected chi connectivity index (χ2v) is 14.5. The van der Waals surface area contributed by atoms with Gasteiger partial charge in [0.2, 0.25) is 10.0 Å². The number of fused-ring (bicyclic) bond motifs is 2. The van der Waals surface area contributed by atoms with Crippen LogP contribution >= 0.6 is 11.3 Å². The van der Waals surface area contributed by atoms with E-state index >= 15 is 0 Å². The fourth-order valence-electron chi connectivity index (χ4n) is 6.31. The number of nitrogens with zero attached hydrogens (tertiary/aromatic N) is 3. The third kappa shape index (κ3) is 5.77. The van der Waals surface area contributed by atoms with Crippen molar-refractivity contribution < 1.29 is 18.0 Å². The van der Waals surface area contributed by atoms with Crippen molar-refractivity contribution in [2.24, 2.45) is 0 Å². The SMILES string of the molecule is CCCN1CCc2c(sc(NC(=O)c3ccc(S(=O)(=O)N4CCc5ccccc5C4)cc3)c2C(=O)N2CCCCC2)C1. The quantitative estimate of drug-likeness (QED) is 0.402. The van der Waals surface area contributed by atoms with Gasteiger partial charge in [0.15, 0.2) is 0 Å². The van der Waals surface area contributed by atoms with Gasteiger partial charge in [0.05, 0.1) is 10.5 Å². The molecule has 1 fully saturated rings. The van der Waals surface area contributed by atoms with Crippen molar-refractivity contribution in [2.75, 3.05) is 38.0 Å². The third-order valence-corrected chi connectivity index (χ3v) is 11.6. The van der Waals surface area contributed by atoms with Crippen LogP contribution in [0.2, 0.25) is 0 Å². The van der Waals surface area contributed by atoms with Crippen LogP contribution in [0.1, 0.15) is 74.9 Å². The van der Waals surface area contributed by atoms with E-state index in [1.54, 1.807) is 12.1 Å². The number of nitrogens with one attached hydrogen (secondary N) is 1. The molecular formula is C32H38N4O4S2. The highest BCUT2D eigenvalue weighted by Crippen LogP contribution is 2.39. The fourth-order valence-corrected chi connectivity index (χ4v) is 9.01. The van der Waals surface area contributed by atoms with Crippen molar-refractivity contribution in [3.05, 3.63) is 81.2 Å². The molecule has 8 nitrogen and oxygen atoms in total. The zero-order valence-corrected chi connectivity index (χ0v) is 25.7. The number of hydrogen-bond donors (Lipinski definition) is 1. The van der Waals surface area contributed by atoms with Crippen LogP contribution in [0, 0.1) is 0 Å². The zero-order valence-electron chi connectivity index (χ0n) is 24.1. The predicted octanol–water partition coefficient (Wildman–Crippen LogP) is 5.14. The molecule has 222 valence electrons. The molecule has 0 atom stereocenters. The molecule has 0 unspecified atom stereocenters. The molecule has 10 heteroatoms. The second-order valence-electron chi connectivity index (χ2n) is 11.4. The molecular weight excluding hydrogens is 569 g/mol. The van der Waals surface area contributed by atoms with E-state index in [-0.39, 0.29) is 16.7 Å². The van der Waals surface area contributed by atoms with E-state index in [2.05, 4.69) is 17.1 Å². The van der Waals surface area contributed by atoms with Gasteiger partial charge >= 0.3 is 0 Å². The predicted molar refractivity (Wildman–Crippen MR) is 165 cm³/mol. The van der Waals surface area contributed by atoms with Crippen molar-refractivity contribution >= 4 is 38.2 Å². The number of amides is 2. The van der Waals surface area contributed by atoms with Gasteiger partial charge in [-0.05, 0) is 86.0 Å². The molecule has 3 aliphatic heterocycles. The average Bonchev–Trinajstić information content (AvgIpc) is 3.37. The molecule has 6 rings (SSSR count). The maximum atomic E-state index is 13.8. The Morgan fingerprint density at radius 3 is 2.36 bits per heavy atom. The van der Waals surface area contributed by atoms with Crippen molar-refractivity contribution in [2.45, 2.75) is 63.4 Å². The molecule has 1 saturated heterocycles. The van der Waals surface area contributed by atoms with Crippen molar-refractivity contribution in [1.82, 2.24) is 14.1 Å². The Kier molecular flexibility index (Phi) is 8.49. The Hall–Kier alpha value is -3.05. The smallest absolute Gasteiger partial charge is 0.257 e. The third-order valence-electron chi connectivity index (χ3n) is 8.61. The fraction of sp³-hybridized carbons (Fsp3) is 0.438. The Balaban J connectivity index is 1.22. The lowest BCUT2D eigenvalue weighted by molar-refractivity contribution is 0.0724. The highest BCUT2D eigenvalue weighted by Gasteiger charge is 2.32. The van der Waals surface area contributed by atoms with Crippen LogP contribution < -0.4 is 5.32 Å². The summed E-state index contributed by atoms with van der Waals surface area (Å²) >= 11 is 1.50. The van der Waals surface area contributed by atoms with Crippen molar-refractivity contribution in [3.8, 4) is 0 Å². The topological polar surface area (TPSA) is 90.0 Å². The van der Waals surface area contributed by atoms with Crippen molar-refractivity contribution in [1.29, 1.82) is 0 Å².